The van der Waals surface area contributed by atoms with Crippen LogP contribution in [-0.4, -0.2) is 66.7 Å². The van der Waals surface area contributed by atoms with Gasteiger partial charge >= 0.3 is 0 Å². The van der Waals surface area contributed by atoms with Crippen LogP contribution < -0.4 is 5.73 Å². The maximum absolute atomic E-state index is 12.5. The molecule has 2 saturated heterocycles. The summed E-state index contributed by atoms with van der Waals surface area (Å²) in [5.74, 6) is 0.269. The summed E-state index contributed by atoms with van der Waals surface area (Å²) < 4.78 is 5.65. The second kappa shape index (κ2) is 6.68. The van der Waals surface area contributed by atoms with Gasteiger partial charge in [0.25, 0.3) is 0 Å². The first-order valence-corrected chi connectivity index (χ1v) is 7.49. The zero-order valence-electron chi connectivity index (χ0n) is 12.2. The zero-order valence-corrected chi connectivity index (χ0v) is 12.2. The molecule has 2 aliphatic heterocycles. The highest BCUT2D eigenvalue weighted by atomic mass is 16.5. The normalized spacial score (nSPS) is 29.0. The molecule has 2 rings (SSSR count). The molecule has 0 aromatic rings. The molecule has 19 heavy (non-hydrogen) atoms. The lowest BCUT2D eigenvalue weighted by atomic mass is 10.1. The molecule has 0 aliphatic carbocycles. The first kappa shape index (κ1) is 14.8. The standard InChI is InChI=1S/C14H27N3O2/c1-11(15)13-10-17(8-9-19-13)12(2)14(18)16-6-4-3-5-7-16/h11-13H,3-10,15H2,1-2H3. The minimum atomic E-state index is -0.0525. The average molecular weight is 269 g/mol. The predicted octanol–water partition coefficient (Wildman–Crippen LogP) is 0.435. The lowest BCUT2D eigenvalue weighted by Gasteiger charge is -2.39. The fraction of sp³-hybridized carbons (Fsp3) is 0.929. The van der Waals surface area contributed by atoms with Crippen molar-refractivity contribution in [2.75, 3.05) is 32.8 Å². The summed E-state index contributed by atoms with van der Waals surface area (Å²) >= 11 is 0. The van der Waals surface area contributed by atoms with Gasteiger partial charge in [-0.05, 0) is 33.1 Å². The maximum Gasteiger partial charge on any atom is 0.239 e. The van der Waals surface area contributed by atoms with Crippen molar-refractivity contribution in [2.24, 2.45) is 5.73 Å². The van der Waals surface area contributed by atoms with Crippen molar-refractivity contribution in [1.29, 1.82) is 0 Å². The highest BCUT2D eigenvalue weighted by molar-refractivity contribution is 5.81. The number of hydrogen-bond acceptors (Lipinski definition) is 4. The fourth-order valence-corrected chi connectivity index (χ4v) is 2.90. The first-order chi connectivity index (χ1) is 9.09. The molecule has 0 saturated carbocycles. The van der Waals surface area contributed by atoms with Gasteiger partial charge in [-0.15, -0.1) is 0 Å². The number of nitrogens with two attached hydrogens (primary N) is 1. The molecular weight excluding hydrogens is 242 g/mol. The summed E-state index contributed by atoms with van der Waals surface area (Å²) in [4.78, 5) is 16.7. The van der Waals surface area contributed by atoms with Crippen LogP contribution in [0.5, 0.6) is 0 Å². The molecule has 5 heteroatoms. The monoisotopic (exact) mass is 269 g/mol. The Labute approximate surface area is 116 Å². The van der Waals surface area contributed by atoms with E-state index in [-0.39, 0.29) is 24.1 Å². The molecule has 0 aromatic carbocycles. The van der Waals surface area contributed by atoms with E-state index in [1.165, 1.54) is 6.42 Å². The van der Waals surface area contributed by atoms with Crippen molar-refractivity contribution in [3.05, 3.63) is 0 Å². The van der Waals surface area contributed by atoms with Gasteiger partial charge in [0.2, 0.25) is 5.91 Å². The number of morpholine rings is 1. The van der Waals surface area contributed by atoms with E-state index in [2.05, 4.69) is 4.90 Å². The van der Waals surface area contributed by atoms with E-state index in [9.17, 15) is 4.79 Å². The molecule has 1 amide bonds. The van der Waals surface area contributed by atoms with Crippen LogP contribution in [0.25, 0.3) is 0 Å². The van der Waals surface area contributed by atoms with Gasteiger partial charge in [-0.1, -0.05) is 0 Å². The third-order valence-corrected chi connectivity index (χ3v) is 4.28. The van der Waals surface area contributed by atoms with Crippen LogP contribution in [0, 0.1) is 0 Å². The van der Waals surface area contributed by atoms with Gasteiger partial charge in [0.1, 0.15) is 0 Å². The van der Waals surface area contributed by atoms with Crippen LogP contribution in [0.3, 0.4) is 0 Å². The van der Waals surface area contributed by atoms with Gasteiger partial charge in [-0.2, -0.15) is 0 Å². The van der Waals surface area contributed by atoms with Crippen molar-refractivity contribution in [1.82, 2.24) is 9.80 Å². The van der Waals surface area contributed by atoms with E-state index in [4.69, 9.17) is 10.5 Å². The molecule has 2 aliphatic rings. The Hall–Kier alpha value is -0.650. The molecule has 2 fully saturated rings. The lowest BCUT2D eigenvalue weighted by Crippen LogP contribution is -2.56. The molecule has 3 atom stereocenters. The van der Waals surface area contributed by atoms with Gasteiger partial charge in [0.05, 0.1) is 18.8 Å². The number of rotatable bonds is 3. The number of carbonyl (C=O) groups excluding carboxylic acids is 1. The quantitative estimate of drug-likeness (QED) is 0.807. The van der Waals surface area contributed by atoms with Gasteiger partial charge < -0.3 is 15.4 Å². The van der Waals surface area contributed by atoms with E-state index in [1.54, 1.807) is 0 Å². The van der Waals surface area contributed by atoms with Crippen LogP contribution in [0.4, 0.5) is 0 Å². The van der Waals surface area contributed by atoms with Gasteiger partial charge in [0.15, 0.2) is 0 Å². The topological polar surface area (TPSA) is 58.8 Å². The highest BCUT2D eigenvalue weighted by Crippen LogP contribution is 2.15. The summed E-state index contributed by atoms with van der Waals surface area (Å²) in [6, 6.07) is -0.0386. The Morgan fingerprint density at radius 2 is 1.89 bits per heavy atom. The first-order valence-electron chi connectivity index (χ1n) is 7.49. The Kier molecular flexibility index (Phi) is 5.19. The molecule has 0 radical (unpaired) electrons. The number of ether oxygens (including phenoxy) is 1. The fourth-order valence-electron chi connectivity index (χ4n) is 2.90. The minimum absolute atomic E-state index is 0.0140. The summed E-state index contributed by atoms with van der Waals surface area (Å²) in [6.45, 7) is 8.08. The number of nitrogens with zero attached hydrogens (tertiary/aromatic N) is 2. The number of piperidine rings is 1. The predicted molar refractivity (Wildman–Crippen MR) is 74.9 cm³/mol. The van der Waals surface area contributed by atoms with E-state index >= 15 is 0 Å². The van der Waals surface area contributed by atoms with Crippen LogP contribution in [0.1, 0.15) is 33.1 Å². The molecule has 3 unspecified atom stereocenters. The minimum Gasteiger partial charge on any atom is -0.374 e. The molecule has 110 valence electrons. The van der Waals surface area contributed by atoms with Crippen molar-refractivity contribution in [2.45, 2.75) is 51.3 Å². The lowest BCUT2D eigenvalue weighted by molar-refractivity contribution is -0.140. The second-order valence-corrected chi connectivity index (χ2v) is 5.83. The maximum atomic E-state index is 12.5. The Morgan fingerprint density at radius 3 is 2.53 bits per heavy atom. The molecule has 2 heterocycles. The SMILES string of the molecule is CC(N)C1CN(C(C)C(=O)N2CCCCC2)CCO1. The summed E-state index contributed by atoms with van der Waals surface area (Å²) in [5, 5.41) is 0. The number of likely N-dealkylation sites (tertiary alicyclic amines) is 1. The van der Waals surface area contributed by atoms with Crippen molar-refractivity contribution >= 4 is 5.91 Å². The average Bonchev–Trinajstić information content (AvgIpc) is 2.46. The van der Waals surface area contributed by atoms with E-state index in [0.29, 0.717) is 6.61 Å². The van der Waals surface area contributed by atoms with Gasteiger partial charge in [0, 0.05) is 32.2 Å². The number of carbonyl (C=O) groups is 1. The number of hydrogen-bond donors (Lipinski definition) is 1. The van der Waals surface area contributed by atoms with Crippen LogP contribution in [0.15, 0.2) is 0 Å². The molecule has 0 spiro atoms. The van der Waals surface area contributed by atoms with Crippen molar-refractivity contribution in [3.63, 3.8) is 0 Å². The summed E-state index contributed by atoms with van der Waals surface area (Å²) in [5.41, 5.74) is 5.90. The molecule has 5 nitrogen and oxygen atoms in total. The second-order valence-electron chi connectivity index (χ2n) is 5.83. The summed E-state index contributed by atoms with van der Waals surface area (Å²) in [6.07, 6.45) is 3.58. The Morgan fingerprint density at radius 1 is 1.21 bits per heavy atom. The zero-order chi connectivity index (χ0) is 13.8. The third kappa shape index (κ3) is 3.68. The molecule has 0 aromatic heterocycles. The van der Waals surface area contributed by atoms with Crippen molar-refractivity contribution < 1.29 is 9.53 Å². The van der Waals surface area contributed by atoms with Gasteiger partial charge in [-0.25, -0.2) is 0 Å². The van der Waals surface area contributed by atoms with Gasteiger partial charge in [-0.3, -0.25) is 9.69 Å². The largest absolute Gasteiger partial charge is 0.374 e. The van der Waals surface area contributed by atoms with Crippen LogP contribution in [0.2, 0.25) is 0 Å². The van der Waals surface area contributed by atoms with E-state index in [0.717, 1.165) is 39.0 Å². The third-order valence-electron chi connectivity index (χ3n) is 4.28. The van der Waals surface area contributed by atoms with E-state index in [1.807, 2.05) is 18.7 Å². The molecule has 2 N–H and O–H groups in total. The van der Waals surface area contributed by atoms with Crippen LogP contribution >= 0.6 is 0 Å². The number of amides is 1. The Balaban J connectivity index is 1.90. The molecule has 0 bridgehead atoms. The van der Waals surface area contributed by atoms with E-state index < -0.39 is 0 Å². The smallest absolute Gasteiger partial charge is 0.239 e. The highest BCUT2D eigenvalue weighted by Gasteiger charge is 2.31. The Bertz CT molecular complexity index is 303. The van der Waals surface area contributed by atoms with Crippen LogP contribution in [-0.2, 0) is 9.53 Å². The summed E-state index contributed by atoms with van der Waals surface area (Å²) in [7, 11) is 0. The van der Waals surface area contributed by atoms with Crippen molar-refractivity contribution in [3.8, 4) is 0 Å². The molecular formula is C14H27N3O2.